The number of hydrogen-bond donors (Lipinski definition) is 1. The van der Waals surface area contributed by atoms with Gasteiger partial charge in [0.1, 0.15) is 5.75 Å². The minimum Gasteiger partial charge on any atom is -0.492 e. The van der Waals surface area contributed by atoms with Crippen LogP contribution in [0, 0.1) is 5.92 Å². The fourth-order valence-electron chi connectivity index (χ4n) is 1.32. The lowest BCUT2D eigenvalue weighted by atomic mass is 10.1. The molecule has 0 bridgehead atoms. The van der Waals surface area contributed by atoms with Gasteiger partial charge in [-0.3, -0.25) is 0 Å². The zero-order valence-corrected chi connectivity index (χ0v) is 10.9. The van der Waals surface area contributed by atoms with Gasteiger partial charge in [-0.25, -0.2) is 0 Å². The number of benzene rings is 1. The van der Waals surface area contributed by atoms with Crippen molar-refractivity contribution >= 4 is 11.6 Å². The molecule has 1 aromatic rings. The molecule has 1 atom stereocenters. The summed E-state index contributed by atoms with van der Waals surface area (Å²) in [5.41, 5.74) is 6.80. The molecule has 0 amide bonds. The molecule has 16 heavy (non-hydrogen) atoms. The van der Waals surface area contributed by atoms with Crippen molar-refractivity contribution < 1.29 is 4.74 Å². The lowest BCUT2D eigenvalue weighted by Gasteiger charge is -2.12. The van der Waals surface area contributed by atoms with Crippen molar-refractivity contribution in [1.82, 2.24) is 0 Å². The Bertz CT molecular complexity index is 337. The predicted octanol–water partition coefficient (Wildman–Crippen LogP) is 3.78. The zero-order chi connectivity index (χ0) is 12.1. The monoisotopic (exact) mass is 241 g/mol. The largest absolute Gasteiger partial charge is 0.492 e. The summed E-state index contributed by atoms with van der Waals surface area (Å²) in [4.78, 5) is 0. The van der Waals surface area contributed by atoms with E-state index in [1.165, 1.54) is 0 Å². The van der Waals surface area contributed by atoms with E-state index in [1.54, 1.807) is 0 Å². The molecule has 0 heterocycles. The van der Waals surface area contributed by atoms with Crippen molar-refractivity contribution in [3.63, 3.8) is 0 Å². The summed E-state index contributed by atoms with van der Waals surface area (Å²) in [6.07, 6.45) is 1.03. The molecule has 0 saturated heterocycles. The number of halogens is 1. The Hall–Kier alpha value is -0.730. The first-order valence-corrected chi connectivity index (χ1v) is 6.06. The molecule has 3 heteroatoms. The molecule has 90 valence electrons. The van der Waals surface area contributed by atoms with Gasteiger partial charge >= 0.3 is 0 Å². The third-order valence-electron chi connectivity index (χ3n) is 2.43. The van der Waals surface area contributed by atoms with Crippen LogP contribution in [0.5, 0.6) is 5.75 Å². The van der Waals surface area contributed by atoms with Gasteiger partial charge in [0.2, 0.25) is 0 Å². The summed E-state index contributed by atoms with van der Waals surface area (Å²) in [6.45, 7) is 6.98. The van der Waals surface area contributed by atoms with Crippen LogP contribution in [0.2, 0.25) is 5.02 Å². The van der Waals surface area contributed by atoms with Gasteiger partial charge in [-0.2, -0.15) is 0 Å². The Morgan fingerprint density at radius 1 is 1.31 bits per heavy atom. The van der Waals surface area contributed by atoms with Gasteiger partial charge in [0.15, 0.2) is 0 Å². The summed E-state index contributed by atoms with van der Waals surface area (Å²) >= 11 is 6.11. The molecule has 0 spiro atoms. The van der Waals surface area contributed by atoms with Gasteiger partial charge in [-0.05, 0) is 37.0 Å². The molecule has 0 aliphatic rings. The van der Waals surface area contributed by atoms with Crippen LogP contribution in [-0.2, 0) is 0 Å². The average molecular weight is 242 g/mol. The minimum atomic E-state index is 0.00205. The lowest BCUT2D eigenvalue weighted by Crippen LogP contribution is -2.05. The molecule has 1 rings (SSSR count). The molecule has 1 aromatic carbocycles. The van der Waals surface area contributed by atoms with E-state index in [0.29, 0.717) is 17.5 Å². The van der Waals surface area contributed by atoms with Gasteiger partial charge in [-0.1, -0.05) is 31.5 Å². The van der Waals surface area contributed by atoms with Gasteiger partial charge in [0.25, 0.3) is 0 Å². The van der Waals surface area contributed by atoms with Gasteiger partial charge in [0, 0.05) is 6.04 Å². The second-order valence-corrected chi connectivity index (χ2v) is 4.92. The van der Waals surface area contributed by atoms with E-state index in [-0.39, 0.29) is 6.04 Å². The molecule has 0 aliphatic heterocycles. The maximum absolute atomic E-state index is 6.11. The second-order valence-electron chi connectivity index (χ2n) is 4.51. The number of nitrogens with two attached hydrogens (primary N) is 1. The van der Waals surface area contributed by atoms with Gasteiger partial charge in [-0.15, -0.1) is 0 Å². The van der Waals surface area contributed by atoms with Crippen LogP contribution in [-0.4, -0.2) is 6.61 Å². The first kappa shape index (κ1) is 13.3. The maximum Gasteiger partial charge on any atom is 0.137 e. The van der Waals surface area contributed by atoms with Crippen molar-refractivity contribution in [1.29, 1.82) is 0 Å². The van der Waals surface area contributed by atoms with E-state index in [2.05, 4.69) is 13.8 Å². The van der Waals surface area contributed by atoms with Crippen LogP contribution < -0.4 is 10.5 Å². The standard InChI is InChI=1S/C13H20ClNO/c1-9(2)6-7-16-13-5-4-11(10(3)15)8-12(13)14/h4-5,8-10H,6-7,15H2,1-3H3/t10-/m0/s1. The van der Waals surface area contributed by atoms with Crippen LogP contribution in [0.3, 0.4) is 0 Å². The fraction of sp³-hybridized carbons (Fsp3) is 0.538. The molecule has 0 saturated carbocycles. The van der Waals surface area contributed by atoms with E-state index in [0.717, 1.165) is 17.7 Å². The molecule has 0 aliphatic carbocycles. The Kier molecular flexibility index (Phi) is 5.10. The highest BCUT2D eigenvalue weighted by atomic mass is 35.5. The highest BCUT2D eigenvalue weighted by Gasteiger charge is 2.06. The summed E-state index contributed by atoms with van der Waals surface area (Å²) in [5.74, 6) is 1.38. The third kappa shape index (κ3) is 4.03. The third-order valence-corrected chi connectivity index (χ3v) is 2.73. The molecule has 0 aromatic heterocycles. The number of rotatable bonds is 5. The number of hydrogen-bond acceptors (Lipinski definition) is 2. The van der Waals surface area contributed by atoms with E-state index in [4.69, 9.17) is 22.1 Å². The SMILES string of the molecule is CC(C)CCOc1ccc([C@H](C)N)cc1Cl. The van der Waals surface area contributed by atoms with Gasteiger partial charge in [0.05, 0.1) is 11.6 Å². The van der Waals surface area contributed by atoms with Crippen LogP contribution in [0.4, 0.5) is 0 Å². The van der Waals surface area contributed by atoms with Crippen LogP contribution in [0.15, 0.2) is 18.2 Å². The summed E-state index contributed by atoms with van der Waals surface area (Å²) in [5, 5.41) is 0.638. The molecule has 0 radical (unpaired) electrons. The number of ether oxygens (including phenoxy) is 1. The molecule has 2 nitrogen and oxygen atoms in total. The first-order valence-electron chi connectivity index (χ1n) is 5.68. The predicted molar refractivity (Wildman–Crippen MR) is 69.0 cm³/mol. The van der Waals surface area contributed by atoms with E-state index in [1.807, 2.05) is 25.1 Å². The topological polar surface area (TPSA) is 35.2 Å². The molecule has 2 N–H and O–H groups in total. The maximum atomic E-state index is 6.11. The van der Waals surface area contributed by atoms with Crippen molar-refractivity contribution in [2.75, 3.05) is 6.61 Å². The summed E-state index contributed by atoms with van der Waals surface area (Å²) in [7, 11) is 0. The zero-order valence-electron chi connectivity index (χ0n) is 10.2. The smallest absolute Gasteiger partial charge is 0.137 e. The Morgan fingerprint density at radius 2 is 2.00 bits per heavy atom. The van der Waals surface area contributed by atoms with Gasteiger partial charge < -0.3 is 10.5 Å². The lowest BCUT2D eigenvalue weighted by molar-refractivity contribution is 0.289. The van der Waals surface area contributed by atoms with Crippen molar-refractivity contribution in [3.05, 3.63) is 28.8 Å². The Labute approximate surface area is 103 Å². The Balaban J connectivity index is 2.61. The summed E-state index contributed by atoms with van der Waals surface area (Å²) < 4.78 is 5.61. The molecule has 0 fully saturated rings. The molecular formula is C13H20ClNO. The highest BCUT2D eigenvalue weighted by Crippen LogP contribution is 2.27. The normalized spacial score (nSPS) is 12.9. The minimum absolute atomic E-state index is 0.00205. The quantitative estimate of drug-likeness (QED) is 0.852. The van der Waals surface area contributed by atoms with Crippen LogP contribution in [0.25, 0.3) is 0 Å². The second kappa shape index (κ2) is 6.12. The first-order chi connectivity index (χ1) is 7.50. The van der Waals surface area contributed by atoms with E-state index < -0.39 is 0 Å². The van der Waals surface area contributed by atoms with Crippen molar-refractivity contribution in [3.8, 4) is 5.75 Å². The van der Waals surface area contributed by atoms with E-state index in [9.17, 15) is 0 Å². The van der Waals surface area contributed by atoms with E-state index >= 15 is 0 Å². The molecular weight excluding hydrogens is 222 g/mol. The molecule has 0 unspecified atom stereocenters. The Morgan fingerprint density at radius 3 is 2.50 bits per heavy atom. The highest BCUT2D eigenvalue weighted by molar-refractivity contribution is 6.32. The van der Waals surface area contributed by atoms with Crippen molar-refractivity contribution in [2.45, 2.75) is 33.2 Å². The van der Waals surface area contributed by atoms with Crippen LogP contribution >= 0.6 is 11.6 Å². The summed E-state index contributed by atoms with van der Waals surface area (Å²) in [6, 6.07) is 5.72. The van der Waals surface area contributed by atoms with Crippen molar-refractivity contribution in [2.24, 2.45) is 11.7 Å². The average Bonchev–Trinajstić information content (AvgIpc) is 2.19. The fourth-order valence-corrected chi connectivity index (χ4v) is 1.57. The van der Waals surface area contributed by atoms with Crippen LogP contribution in [0.1, 0.15) is 38.8 Å².